The summed E-state index contributed by atoms with van der Waals surface area (Å²) >= 11 is 0. The van der Waals surface area contributed by atoms with Crippen LogP contribution in [0.2, 0.25) is 0 Å². The Balaban J connectivity index is 1.43. The predicted octanol–water partition coefficient (Wildman–Crippen LogP) is 4.26. The monoisotopic (exact) mass is 460 g/mol. The van der Waals surface area contributed by atoms with Crippen molar-refractivity contribution in [2.45, 2.75) is 65.2 Å². The molecule has 7 nitrogen and oxygen atoms in total. The zero-order chi connectivity index (χ0) is 23.7. The molecule has 1 aliphatic carbocycles. The van der Waals surface area contributed by atoms with Gasteiger partial charge in [0, 0.05) is 29.1 Å². The van der Waals surface area contributed by atoms with E-state index in [0.29, 0.717) is 25.7 Å². The molecule has 2 aromatic carbocycles. The summed E-state index contributed by atoms with van der Waals surface area (Å²) in [4.78, 5) is 18.4. The summed E-state index contributed by atoms with van der Waals surface area (Å²) in [6.07, 6.45) is 4.58. The number of pyridine rings is 1. The molecule has 0 amide bonds. The molecule has 1 fully saturated rings. The molecule has 176 valence electrons. The zero-order valence-corrected chi connectivity index (χ0v) is 19.6. The van der Waals surface area contributed by atoms with Crippen LogP contribution in [0.1, 0.15) is 53.8 Å². The first-order valence-electron chi connectivity index (χ1n) is 11.8. The number of halogens is 1. The van der Waals surface area contributed by atoms with Crippen molar-refractivity contribution in [2.24, 2.45) is 0 Å². The molecule has 0 spiro atoms. The molecule has 0 radical (unpaired) electrons. The van der Waals surface area contributed by atoms with Gasteiger partial charge in [0.25, 0.3) is 5.56 Å². The van der Waals surface area contributed by atoms with Gasteiger partial charge < -0.3 is 4.98 Å². The second-order valence-electron chi connectivity index (χ2n) is 9.39. The van der Waals surface area contributed by atoms with Crippen LogP contribution in [0.4, 0.5) is 4.39 Å². The van der Waals surface area contributed by atoms with Crippen molar-refractivity contribution in [3.63, 3.8) is 0 Å². The molecule has 0 unspecified atom stereocenters. The molecule has 1 aliphatic rings. The second-order valence-corrected chi connectivity index (χ2v) is 9.39. The molecule has 34 heavy (non-hydrogen) atoms. The Hall–Kier alpha value is -3.39. The fourth-order valence-electron chi connectivity index (χ4n) is 5.04. The Morgan fingerprint density at radius 1 is 1.09 bits per heavy atom. The number of rotatable bonds is 7. The molecule has 0 bridgehead atoms. The zero-order valence-electron chi connectivity index (χ0n) is 19.6. The van der Waals surface area contributed by atoms with E-state index in [0.717, 1.165) is 51.8 Å². The van der Waals surface area contributed by atoms with Crippen LogP contribution in [-0.4, -0.2) is 36.1 Å². The standard InChI is InChI=1S/C26H29FN6O/c1-17-11-18(2)23-13-20(26(34)28-24(23)12-17)15-32(22-5-3-4-6-22)16-25-29-30-31-33(25)14-19-7-9-21(27)10-8-19/h7-13,22H,3-6,14-16H2,1-2H3,(H,28,34). The molecular formula is C26H29FN6O. The third kappa shape index (κ3) is 4.77. The van der Waals surface area contributed by atoms with E-state index in [-0.39, 0.29) is 11.4 Å². The quantitative estimate of drug-likeness (QED) is 0.446. The third-order valence-corrected chi connectivity index (χ3v) is 6.80. The minimum atomic E-state index is -0.265. The highest BCUT2D eigenvalue weighted by Gasteiger charge is 2.25. The van der Waals surface area contributed by atoms with E-state index in [1.165, 1.54) is 25.0 Å². The predicted molar refractivity (Wildman–Crippen MR) is 129 cm³/mol. The molecule has 4 aromatic rings. The van der Waals surface area contributed by atoms with Crippen LogP contribution in [0.25, 0.3) is 10.9 Å². The first-order chi connectivity index (χ1) is 16.5. The van der Waals surface area contributed by atoms with Gasteiger partial charge in [-0.3, -0.25) is 9.69 Å². The van der Waals surface area contributed by atoms with Crippen LogP contribution in [0.15, 0.2) is 47.3 Å². The lowest BCUT2D eigenvalue weighted by Crippen LogP contribution is -2.35. The topological polar surface area (TPSA) is 79.7 Å². The summed E-state index contributed by atoms with van der Waals surface area (Å²) in [5.41, 5.74) is 4.80. The first kappa shape index (κ1) is 22.4. The first-order valence-corrected chi connectivity index (χ1v) is 11.8. The van der Waals surface area contributed by atoms with Gasteiger partial charge in [-0.2, -0.15) is 0 Å². The number of hydrogen-bond donors (Lipinski definition) is 1. The summed E-state index contributed by atoms with van der Waals surface area (Å²) < 4.78 is 15.0. The smallest absolute Gasteiger partial charge is 0.252 e. The molecule has 8 heteroatoms. The van der Waals surface area contributed by atoms with Crippen molar-refractivity contribution in [1.29, 1.82) is 0 Å². The number of nitrogens with one attached hydrogen (secondary N) is 1. The number of hydrogen-bond acceptors (Lipinski definition) is 5. The Labute approximate surface area is 197 Å². The maximum Gasteiger partial charge on any atom is 0.252 e. The number of aryl methyl sites for hydroxylation is 2. The largest absolute Gasteiger partial charge is 0.322 e. The third-order valence-electron chi connectivity index (χ3n) is 6.80. The summed E-state index contributed by atoms with van der Waals surface area (Å²) in [7, 11) is 0. The Morgan fingerprint density at radius 3 is 2.62 bits per heavy atom. The maximum atomic E-state index is 13.3. The van der Waals surface area contributed by atoms with Crippen molar-refractivity contribution in [2.75, 3.05) is 0 Å². The van der Waals surface area contributed by atoms with Crippen LogP contribution in [0.3, 0.4) is 0 Å². The summed E-state index contributed by atoms with van der Waals surface area (Å²) in [5.74, 6) is 0.472. The van der Waals surface area contributed by atoms with Crippen molar-refractivity contribution in [3.8, 4) is 0 Å². The lowest BCUT2D eigenvalue weighted by atomic mass is 10.0. The lowest BCUT2D eigenvalue weighted by Gasteiger charge is -2.28. The van der Waals surface area contributed by atoms with Gasteiger partial charge in [0.2, 0.25) is 0 Å². The van der Waals surface area contributed by atoms with Crippen LogP contribution < -0.4 is 5.56 Å². The van der Waals surface area contributed by atoms with Crippen molar-refractivity contribution in [1.82, 2.24) is 30.1 Å². The number of H-pyrrole nitrogens is 1. The Bertz CT molecular complexity index is 1350. The van der Waals surface area contributed by atoms with E-state index in [1.54, 1.807) is 16.8 Å². The minimum absolute atomic E-state index is 0.0496. The van der Waals surface area contributed by atoms with Crippen LogP contribution in [0, 0.1) is 19.7 Å². The normalized spacial score (nSPS) is 14.5. The molecule has 0 aliphatic heterocycles. The Morgan fingerprint density at radius 2 is 1.85 bits per heavy atom. The van der Waals surface area contributed by atoms with Crippen LogP contribution >= 0.6 is 0 Å². The number of aromatic amines is 1. The number of nitrogens with zero attached hydrogens (tertiary/aromatic N) is 5. The highest BCUT2D eigenvalue weighted by molar-refractivity contribution is 5.83. The van der Waals surface area contributed by atoms with Gasteiger partial charge in [-0.1, -0.05) is 31.0 Å². The molecule has 0 saturated heterocycles. The Kier molecular flexibility index (Phi) is 6.24. The number of fused-ring (bicyclic) bond motifs is 1. The molecule has 1 saturated carbocycles. The summed E-state index contributed by atoms with van der Waals surface area (Å²) in [6, 6.07) is 13.0. The highest BCUT2D eigenvalue weighted by atomic mass is 19.1. The molecule has 2 aromatic heterocycles. The van der Waals surface area contributed by atoms with Crippen molar-refractivity contribution >= 4 is 10.9 Å². The van der Waals surface area contributed by atoms with Gasteiger partial charge >= 0.3 is 0 Å². The second kappa shape index (κ2) is 9.46. The molecule has 5 rings (SSSR count). The molecular weight excluding hydrogens is 431 g/mol. The molecule has 2 heterocycles. The van der Waals surface area contributed by atoms with Crippen molar-refractivity contribution < 1.29 is 4.39 Å². The fourth-order valence-corrected chi connectivity index (χ4v) is 5.04. The van der Waals surface area contributed by atoms with Gasteiger partial charge in [-0.15, -0.1) is 5.10 Å². The summed E-state index contributed by atoms with van der Waals surface area (Å²) in [5, 5.41) is 13.4. The van der Waals surface area contributed by atoms with E-state index in [4.69, 9.17) is 0 Å². The molecule has 0 atom stereocenters. The SMILES string of the molecule is Cc1cc(C)c2cc(CN(Cc3nnnn3Cc3ccc(F)cc3)C3CCCC3)c(=O)[nH]c2c1. The van der Waals surface area contributed by atoms with E-state index in [1.807, 2.05) is 19.1 Å². The van der Waals surface area contributed by atoms with Gasteiger partial charge in [0.1, 0.15) is 5.82 Å². The number of aromatic nitrogens is 5. The van der Waals surface area contributed by atoms with E-state index >= 15 is 0 Å². The minimum Gasteiger partial charge on any atom is -0.322 e. The van der Waals surface area contributed by atoms with Gasteiger partial charge in [-0.25, -0.2) is 9.07 Å². The highest BCUT2D eigenvalue weighted by Crippen LogP contribution is 2.27. The fraction of sp³-hybridized carbons (Fsp3) is 0.385. The van der Waals surface area contributed by atoms with E-state index in [9.17, 15) is 9.18 Å². The summed E-state index contributed by atoms with van der Waals surface area (Å²) in [6.45, 7) is 5.67. The van der Waals surface area contributed by atoms with Crippen LogP contribution in [0.5, 0.6) is 0 Å². The number of tetrazole rings is 1. The van der Waals surface area contributed by atoms with Gasteiger partial charge in [0.15, 0.2) is 5.82 Å². The average Bonchev–Trinajstić information content (AvgIpc) is 3.48. The van der Waals surface area contributed by atoms with Crippen molar-refractivity contribution in [3.05, 3.63) is 86.7 Å². The maximum absolute atomic E-state index is 13.3. The number of benzene rings is 2. The van der Waals surface area contributed by atoms with E-state index in [2.05, 4.69) is 38.4 Å². The van der Waals surface area contributed by atoms with Gasteiger partial charge in [-0.05, 0) is 78.1 Å². The molecule has 1 N–H and O–H groups in total. The van der Waals surface area contributed by atoms with Crippen LogP contribution in [-0.2, 0) is 19.6 Å². The van der Waals surface area contributed by atoms with E-state index < -0.39 is 0 Å². The lowest BCUT2D eigenvalue weighted by molar-refractivity contribution is 0.172. The van der Waals surface area contributed by atoms with Gasteiger partial charge in [0.05, 0.1) is 13.1 Å². The average molecular weight is 461 g/mol.